The molecule has 0 radical (unpaired) electrons. The van der Waals surface area contributed by atoms with Crippen LogP contribution in [0.5, 0.6) is 0 Å². The van der Waals surface area contributed by atoms with Crippen LogP contribution >= 0.6 is 0 Å². The minimum absolute atomic E-state index is 0.973. The van der Waals surface area contributed by atoms with E-state index in [0.29, 0.717) is 0 Å². The summed E-state index contributed by atoms with van der Waals surface area (Å²) in [4.78, 5) is 0. The third-order valence-corrected chi connectivity index (χ3v) is 6.02. The molecule has 2 aromatic rings. The van der Waals surface area contributed by atoms with Gasteiger partial charge in [0.15, 0.2) is 0 Å². The number of benzene rings is 2. The van der Waals surface area contributed by atoms with Crippen molar-refractivity contribution in [1.29, 1.82) is 0 Å². The highest BCUT2D eigenvalue weighted by Gasteiger charge is 2.42. The van der Waals surface area contributed by atoms with Crippen molar-refractivity contribution in [3.05, 3.63) is 48.5 Å². The fourth-order valence-electron chi connectivity index (χ4n) is 2.35. The van der Waals surface area contributed by atoms with Gasteiger partial charge in [-0.05, 0) is 16.3 Å². The van der Waals surface area contributed by atoms with Crippen LogP contribution in [-0.2, 0) is 13.3 Å². The van der Waals surface area contributed by atoms with Crippen LogP contribution in [0, 0.1) is 0 Å². The van der Waals surface area contributed by atoms with E-state index in [9.17, 15) is 0 Å². The Labute approximate surface area is 114 Å². The van der Waals surface area contributed by atoms with Gasteiger partial charge in [0.1, 0.15) is 0 Å². The molecule has 19 heavy (non-hydrogen) atoms. The lowest BCUT2D eigenvalue weighted by atomic mass is 10.0. The van der Waals surface area contributed by atoms with Gasteiger partial charge in [-0.25, -0.2) is 0 Å². The second kappa shape index (κ2) is 5.67. The summed E-state index contributed by atoms with van der Waals surface area (Å²) in [6.45, 7) is 3.85. The van der Waals surface area contributed by atoms with Crippen LogP contribution in [0.25, 0.3) is 16.8 Å². The van der Waals surface area contributed by atoms with E-state index in [4.69, 9.17) is 13.3 Å². The molecule has 0 amide bonds. The molecule has 3 nitrogen and oxygen atoms in total. The molecule has 0 aliphatic carbocycles. The second-order valence-corrected chi connectivity index (χ2v) is 7.00. The Bertz CT molecular complexity index is 583. The Hall–Kier alpha value is -1.46. The van der Waals surface area contributed by atoms with E-state index in [1.165, 1.54) is 0 Å². The monoisotopic (exact) mass is 274 g/mol. The van der Waals surface area contributed by atoms with Crippen molar-refractivity contribution in [2.45, 2.75) is 0 Å². The lowest BCUT2D eigenvalue weighted by Crippen LogP contribution is -2.54. The summed E-state index contributed by atoms with van der Waals surface area (Å²) >= 11 is 0. The van der Waals surface area contributed by atoms with Crippen molar-refractivity contribution in [2.24, 2.45) is 0 Å². The Kier molecular flexibility index (Phi) is 4.16. The summed E-state index contributed by atoms with van der Waals surface area (Å²) in [5.41, 5.74) is 1.09. The lowest BCUT2D eigenvalue weighted by Gasteiger charge is -2.26. The average molecular weight is 274 g/mol. The highest BCUT2D eigenvalue weighted by molar-refractivity contribution is 6.77. The zero-order chi connectivity index (χ0) is 13.9. The first-order valence-corrected chi connectivity index (χ1v) is 7.75. The van der Waals surface area contributed by atoms with E-state index >= 15 is 0 Å². The van der Waals surface area contributed by atoms with Gasteiger partial charge in [-0.1, -0.05) is 49.1 Å². The predicted octanol–water partition coefficient (Wildman–Crippen LogP) is 2.57. The van der Waals surface area contributed by atoms with Crippen molar-refractivity contribution < 1.29 is 13.3 Å². The van der Waals surface area contributed by atoms with Gasteiger partial charge in [0.25, 0.3) is 0 Å². The van der Waals surface area contributed by atoms with Crippen LogP contribution in [0.15, 0.2) is 43.0 Å². The molecule has 0 spiro atoms. The largest absolute Gasteiger partial charge is 0.537 e. The minimum atomic E-state index is -2.83. The van der Waals surface area contributed by atoms with Crippen molar-refractivity contribution in [2.75, 3.05) is 21.3 Å². The van der Waals surface area contributed by atoms with E-state index in [-0.39, 0.29) is 0 Å². The van der Waals surface area contributed by atoms with E-state index < -0.39 is 8.80 Å². The molecule has 2 aromatic carbocycles. The summed E-state index contributed by atoms with van der Waals surface area (Å²) < 4.78 is 16.7. The van der Waals surface area contributed by atoms with Crippen LogP contribution in [0.1, 0.15) is 5.56 Å². The van der Waals surface area contributed by atoms with Crippen LogP contribution in [0.3, 0.4) is 0 Å². The molecule has 100 valence electrons. The minimum Gasteiger partial charge on any atom is -0.373 e. The molecule has 2 rings (SSSR count). The smallest absolute Gasteiger partial charge is 0.373 e. The normalized spacial score (nSPS) is 11.7. The summed E-state index contributed by atoms with van der Waals surface area (Å²) in [5, 5.41) is 3.18. The van der Waals surface area contributed by atoms with Crippen LogP contribution < -0.4 is 5.19 Å². The predicted molar refractivity (Wildman–Crippen MR) is 80.5 cm³/mol. The van der Waals surface area contributed by atoms with Crippen LogP contribution in [0.2, 0.25) is 0 Å². The molecule has 0 aromatic heterocycles. The van der Waals surface area contributed by atoms with E-state index in [0.717, 1.165) is 21.5 Å². The number of fused-ring (bicyclic) bond motifs is 1. The zero-order valence-corrected chi connectivity index (χ0v) is 12.5. The fraction of sp³-hybridized carbons (Fsp3) is 0.200. The zero-order valence-electron chi connectivity index (χ0n) is 11.5. The van der Waals surface area contributed by atoms with Gasteiger partial charge in [0.05, 0.1) is 0 Å². The van der Waals surface area contributed by atoms with E-state index in [2.05, 4.69) is 18.7 Å². The Balaban J connectivity index is 2.78. The van der Waals surface area contributed by atoms with Gasteiger partial charge >= 0.3 is 8.80 Å². The van der Waals surface area contributed by atoms with Gasteiger partial charge in [-0.15, -0.1) is 0 Å². The molecule has 0 unspecified atom stereocenters. The third-order valence-electron chi connectivity index (χ3n) is 3.31. The van der Waals surface area contributed by atoms with E-state index in [1.807, 2.05) is 30.3 Å². The molecule has 0 saturated heterocycles. The first kappa shape index (κ1) is 14.0. The lowest BCUT2D eigenvalue weighted by molar-refractivity contribution is 0.140. The van der Waals surface area contributed by atoms with Gasteiger partial charge in [-0.2, -0.15) is 0 Å². The first-order chi connectivity index (χ1) is 9.22. The summed E-state index contributed by atoms with van der Waals surface area (Å²) in [6.07, 6.45) is 1.85. The Morgan fingerprint density at radius 3 is 2.00 bits per heavy atom. The molecule has 0 heterocycles. The molecule has 0 bridgehead atoms. The molecular formula is C15H18O3Si. The molecule has 4 heteroatoms. The molecule has 0 saturated carbocycles. The summed E-state index contributed by atoms with van der Waals surface area (Å²) in [6, 6.07) is 12.1. The third kappa shape index (κ3) is 2.24. The molecule has 0 aliphatic rings. The van der Waals surface area contributed by atoms with Crippen LogP contribution in [-0.4, -0.2) is 30.1 Å². The molecule has 0 aliphatic heterocycles. The quantitative estimate of drug-likeness (QED) is 0.784. The highest BCUT2D eigenvalue weighted by atomic mass is 28.4. The second-order valence-electron chi connectivity index (χ2n) is 4.12. The maximum absolute atomic E-state index is 5.57. The Morgan fingerprint density at radius 2 is 1.47 bits per heavy atom. The first-order valence-electron chi connectivity index (χ1n) is 6.02. The average Bonchev–Trinajstić information content (AvgIpc) is 2.49. The summed E-state index contributed by atoms with van der Waals surface area (Å²) in [5.74, 6) is 0. The Morgan fingerprint density at radius 1 is 0.895 bits per heavy atom. The topological polar surface area (TPSA) is 27.7 Å². The van der Waals surface area contributed by atoms with Gasteiger partial charge < -0.3 is 13.3 Å². The number of hydrogen-bond donors (Lipinski definition) is 0. The SMILES string of the molecule is C=Cc1ccc([Si](OC)(OC)OC)c2ccccc12. The van der Waals surface area contributed by atoms with Crippen molar-refractivity contribution >= 4 is 30.8 Å². The highest BCUT2D eigenvalue weighted by Crippen LogP contribution is 2.21. The van der Waals surface area contributed by atoms with Crippen molar-refractivity contribution in [1.82, 2.24) is 0 Å². The maximum atomic E-state index is 5.57. The van der Waals surface area contributed by atoms with Crippen LogP contribution in [0.4, 0.5) is 0 Å². The van der Waals surface area contributed by atoms with Gasteiger partial charge in [-0.3, -0.25) is 0 Å². The van der Waals surface area contributed by atoms with Crippen molar-refractivity contribution in [3.63, 3.8) is 0 Å². The van der Waals surface area contributed by atoms with Gasteiger partial charge in [0.2, 0.25) is 0 Å². The fourth-order valence-corrected chi connectivity index (χ4v) is 4.34. The molecule has 0 fully saturated rings. The number of hydrogen-bond acceptors (Lipinski definition) is 3. The van der Waals surface area contributed by atoms with Gasteiger partial charge in [0, 0.05) is 26.5 Å². The molecule has 0 atom stereocenters. The van der Waals surface area contributed by atoms with E-state index in [1.54, 1.807) is 21.3 Å². The molecular weight excluding hydrogens is 256 g/mol. The van der Waals surface area contributed by atoms with Crippen molar-refractivity contribution in [3.8, 4) is 0 Å². The standard InChI is InChI=1S/C15H18O3Si/c1-5-12-10-11-15(19(16-2,17-3)18-4)14-9-7-6-8-13(12)14/h5-11H,1H2,2-4H3. The maximum Gasteiger partial charge on any atom is 0.537 e. The molecule has 0 N–H and O–H groups in total. The number of rotatable bonds is 5. The summed E-state index contributed by atoms with van der Waals surface area (Å²) in [7, 11) is 2.03.